The van der Waals surface area contributed by atoms with Gasteiger partial charge in [0.1, 0.15) is 12.4 Å². The molecule has 0 spiro atoms. The van der Waals surface area contributed by atoms with E-state index in [2.05, 4.69) is 24.2 Å². The number of hydrogen-bond donors (Lipinski definition) is 1. The van der Waals surface area contributed by atoms with E-state index in [0.717, 1.165) is 19.3 Å². The number of Topliss-reactive ketones (excluding diaryl/α,β-unsaturated/α-hetero) is 1. The molecule has 1 amide bonds. The number of carbonyl (C=O) groups excluding carboxylic acids is 2. The molecule has 1 saturated heterocycles. The van der Waals surface area contributed by atoms with Crippen LogP contribution < -0.4 is 0 Å². The summed E-state index contributed by atoms with van der Waals surface area (Å²) < 4.78 is 5.68. The lowest BCUT2D eigenvalue weighted by Gasteiger charge is -2.36. The largest absolute Gasteiger partial charge is 0.515 e. The molecule has 0 bridgehead atoms. The Morgan fingerprint density at radius 1 is 1.43 bits per heavy atom. The van der Waals surface area contributed by atoms with Crippen molar-refractivity contribution in [3.05, 3.63) is 65.9 Å². The van der Waals surface area contributed by atoms with Crippen LogP contribution in [-0.4, -0.2) is 45.9 Å². The van der Waals surface area contributed by atoms with Gasteiger partial charge in [0.05, 0.1) is 35.2 Å². The maximum atomic E-state index is 13.2. The normalized spacial score (nSPS) is 16.5. The molecule has 0 unspecified atom stereocenters. The number of piperidine rings is 1. The van der Waals surface area contributed by atoms with Crippen molar-refractivity contribution >= 4 is 11.7 Å². The Morgan fingerprint density at radius 3 is 2.87 bits per heavy atom. The molecule has 0 radical (unpaired) electrons. The topological polar surface area (TPSA) is 104 Å². The van der Waals surface area contributed by atoms with E-state index in [1.807, 2.05) is 0 Å². The highest BCUT2D eigenvalue weighted by molar-refractivity contribution is 6.09. The number of hydrogen-bond acceptors (Lipinski definition) is 6. The van der Waals surface area contributed by atoms with Gasteiger partial charge in [0, 0.05) is 25.6 Å². The number of aryl methyl sites for hydroxylation is 1. The summed E-state index contributed by atoms with van der Waals surface area (Å²) in [6, 6.07) is 5.32. The van der Waals surface area contributed by atoms with Crippen LogP contribution in [0.15, 0.2) is 54.7 Å². The maximum absolute atomic E-state index is 13.2. The van der Waals surface area contributed by atoms with Gasteiger partial charge < -0.3 is 14.7 Å². The zero-order valence-corrected chi connectivity index (χ0v) is 17.3. The summed E-state index contributed by atoms with van der Waals surface area (Å²) in [6.07, 6.45) is 5.57. The summed E-state index contributed by atoms with van der Waals surface area (Å²) in [6.45, 7) is 9.59. The molecule has 7 nitrogen and oxygen atoms in total. The molecule has 0 saturated carbocycles. The van der Waals surface area contributed by atoms with Crippen molar-refractivity contribution in [3.8, 4) is 6.07 Å². The van der Waals surface area contributed by atoms with Gasteiger partial charge in [-0.25, -0.2) is 0 Å². The van der Waals surface area contributed by atoms with Crippen molar-refractivity contribution in [2.75, 3.05) is 13.2 Å². The first-order valence-electron chi connectivity index (χ1n) is 9.89. The standard InChI is InChI=1S/C23H27N3O4/c1-16(2)22(28)20(14-27)17(3)30-15-18-8-4-5-13-26(18)23(29)19-9-7-12-25-21(19)10-6-11-24/h7,9,12,14,18,27H,1,3-6,8,10,13,15H2,2H3/t18-/m0/s1. The Morgan fingerprint density at radius 2 is 2.20 bits per heavy atom. The lowest BCUT2D eigenvalue weighted by molar-refractivity contribution is -0.112. The van der Waals surface area contributed by atoms with Gasteiger partial charge in [0.2, 0.25) is 0 Å². The highest BCUT2D eigenvalue weighted by Gasteiger charge is 2.30. The van der Waals surface area contributed by atoms with Crippen LogP contribution in [0, 0.1) is 11.3 Å². The zero-order valence-electron chi connectivity index (χ0n) is 17.3. The van der Waals surface area contributed by atoms with Gasteiger partial charge in [-0.1, -0.05) is 13.2 Å². The third-order valence-electron chi connectivity index (χ3n) is 4.99. The summed E-state index contributed by atoms with van der Waals surface area (Å²) in [7, 11) is 0. The number of aromatic nitrogens is 1. The van der Waals surface area contributed by atoms with E-state index >= 15 is 0 Å². The summed E-state index contributed by atoms with van der Waals surface area (Å²) >= 11 is 0. The number of carbonyl (C=O) groups is 2. The average molecular weight is 409 g/mol. The molecule has 30 heavy (non-hydrogen) atoms. The van der Waals surface area contributed by atoms with Crippen LogP contribution in [-0.2, 0) is 16.0 Å². The molecular weight excluding hydrogens is 382 g/mol. The number of ether oxygens (including phenoxy) is 1. The predicted molar refractivity (Wildman–Crippen MR) is 112 cm³/mol. The minimum absolute atomic E-state index is 0.0413. The highest BCUT2D eigenvalue weighted by atomic mass is 16.5. The molecule has 1 aliphatic rings. The predicted octanol–water partition coefficient (Wildman–Crippen LogP) is 3.65. The monoisotopic (exact) mass is 409 g/mol. The molecule has 1 fully saturated rings. The second kappa shape index (κ2) is 11.0. The molecule has 7 heteroatoms. The summed E-state index contributed by atoms with van der Waals surface area (Å²) in [5.41, 5.74) is 1.31. The van der Waals surface area contributed by atoms with Gasteiger partial charge in [0.25, 0.3) is 5.91 Å². The van der Waals surface area contributed by atoms with Crippen LogP contribution in [0.3, 0.4) is 0 Å². The Kier molecular flexibility index (Phi) is 8.36. The van der Waals surface area contributed by atoms with Crippen LogP contribution in [0.2, 0.25) is 0 Å². The van der Waals surface area contributed by atoms with Crippen LogP contribution in [0.5, 0.6) is 0 Å². The number of amides is 1. The molecule has 2 heterocycles. The van der Waals surface area contributed by atoms with E-state index in [1.54, 1.807) is 30.2 Å². The number of likely N-dealkylation sites (tertiary alicyclic amines) is 1. The number of nitriles is 1. The smallest absolute Gasteiger partial charge is 0.256 e. The molecule has 0 aliphatic carbocycles. The minimum atomic E-state index is -0.448. The third-order valence-corrected chi connectivity index (χ3v) is 4.99. The van der Waals surface area contributed by atoms with Gasteiger partial charge in [-0.15, -0.1) is 0 Å². The van der Waals surface area contributed by atoms with E-state index in [-0.39, 0.29) is 41.9 Å². The van der Waals surface area contributed by atoms with Gasteiger partial charge in [-0.2, -0.15) is 5.26 Å². The zero-order chi connectivity index (χ0) is 22.1. The fraction of sp³-hybridized carbons (Fsp3) is 0.391. The van der Waals surface area contributed by atoms with Gasteiger partial charge in [-0.05, 0) is 43.9 Å². The summed E-state index contributed by atoms with van der Waals surface area (Å²) in [5, 5.41) is 18.2. The Hall–Kier alpha value is -3.40. The van der Waals surface area contributed by atoms with Crippen molar-refractivity contribution < 1.29 is 19.4 Å². The number of allylic oxidation sites excluding steroid dienone is 2. The maximum Gasteiger partial charge on any atom is 0.256 e. The molecule has 0 aromatic carbocycles. The van der Waals surface area contributed by atoms with Gasteiger partial charge in [-0.3, -0.25) is 14.6 Å². The lowest BCUT2D eigenvalue weighted by Crippen LogP contribution is -2.46. The highest BCUT2D eigenvalue weighted by Crippen LogP contribution is 2.23. The lowest BCUT2D eigenvalue weighted by atomic mass is 10.00. The van der Waals surface area contributed by atoms with Crippen LogP contribution in [0.25, 0.3) is 0 Å². The Balaban J connectivity index is 2.13. The van der Waals surface area contributed by atoms with E-state index in [0.29, 0.717) is 30.5 Å². The molecule has 1 aliphatic heterocycles. The van der Waals surface area contributed by atoms with Gasteiger partial charge in [0.15, 0.2) is 5.78 Å². The second-order valence-corrected chi connectivity index (χ2v) is 7.19. The molecule has 158 valence electrons. The number of pyridine rings is 1. The van der Waals surface area contributed by atoms with E-state index in [9.17, 15) is 14.7 Å². The first-order chi connectivity index (χ1) is 14.4. The Bertz CT molecular complexity index is 898. The number of ketones is 1. The molecule has 1 atom stereocenters. The third kappa shape index (κ3) is 5.57. The van der Waals surface area contributed by atoms with Crippen molar-refractivity contribution in [2.24, 2.45) is 0 Å². The van der Waals surface area contributed by atoms with Gasteiger partial charge >= 0.3 is 0 Å². The fourth-order valence-corrected chi connectivity index (χ4v) is 3.36. The summed E-state index contributed by atoms with van der Waals surface area (Å²) in [5.74, 6) is -0.554. The first kappa shape index (κ1) is 22.9. The fourth-order valence-electron chi connectivity index (χ4n) is 3.36. The molecule has 2 rings (SSSR count). The van der Waals surface area contributed by atoms with E-state index in [1.165, 1.54) is 0 Å². The average Bonchev–Trinajstić information content (AvgIpc) is 2.76. The molecule has 1 aromatic heterocycles. The first-order valence-corrected chi connectivity index (χ1v) is 9.89. The van der Waals surface area contributed by atoms with Crippen molar-refractivity contribution in [1.29, 1.82) is 5.26 Å². The Labute approximate surface area is 177 Å². The number of nitrogens with zero attached hydrogens (tertiary/aromatic N) is 3. The van der Waals surface area contributed by atoms with E-state index in [4.69, 9.17) is 10.00 Å². The molecular formula is C23H27N3O4. The van der Waals surface area contributed by atoms with Crippen LogP contribution >= 0.6 is 0 Å². The minimum Gasteiger partial charge on any atom is -0.515 e. The summed E-state index contributed by atoms with van der Waals surface area (Å²) in [4.78, 5) is 31.4. The van der Waals surface area contributed by atoms with Crippen molar-refractivity contribution in [2.45, 2.75) is 45.1 Å². The van der Waals surface area contributed by atoms with Crippen LogP contribution in [0.4, 0.5) is 0 Å². The van der Waals surface area contributed by atoms with Crippen LogP contribution in [0.1, 0.15) is 48.7 Å². The number of rotatable bonds is 9. The number of aliphatic hydroxyl groups is 1. The second-order valence-electron chi connectivity index (χ2n) is 7.19. The van der Waals surface area contributed by atoms with Crippen molar-refractivity contribution in [3.63, 3.8) is 0 Å². The SMILES string of the molecule is C=C(C)C(=O)C(=CO)C(=C)OC[C@@H]1CCCCN1C(=O)c1cccnc1CCC#N. The number of aliphatic hydroxyl groups excluding tert-OH is 1. The molecule has 1 aromatic rings. The quantitative estimate of drug-likeness (QED) is 0.379. The molecule has 1 N–H and O–H groups in total. The van der Waals surface area contributed by atoms with E-state index < -0.39 is 5.78 Å². The van der Waals surface area contributed by atoms with Crippen molar-refractivity contribution in [1.82, 2.24) is 9.88 Å².